The fourth-order valence-electron chi connectivity index (χ4n) is 0.805. The van der Waals surface area contributed by atoms with E-state index in [1.54, 1.807) is 0 Å². The number of hydrogen-bond donors (Lipinski definition) is 0. The highest BCUT2D eigenvalue weighted by Crippen LogP contribution is 1.98. The fourth-order valence-corrected chi connectivity index (χ4v) is 0.805. The highest BCUT2D eigenvalue weighted by molar-refractivity contribution is 4.43. The minimum Gasteiger partial charge on any atom is -0.381 e. The van der Waals surface area contributed by atoms with Crippen LogP contribution in [0, 0.1) is 0 Å². The molecule has 3 heteroatoms. The molecule has 0 atom stereocenters. The molecule has 0 aromatic carbocycles. The summed E-state index contributed by atoms with van der Waals surface area (Å²) < 4.78 is 4.94. The molecule has 3 nitrogen and oxygen atoms in total. The van der Waals surface area contributed by atoms with Crippen molar-refractivity contribution in [2.45, 2.75) is 19.3 Å². The zero-order valence-corrected chi connectivity index (χ0v) is 6.17. The Morgan fingerprint density at radius 3 is 1.40 bits per heavy atom. The molecule has 0 amide bonds. The summed E-state index contributed by atoms with van der Waals surface area (Å²) in [5.41, 5.74) is 0. The van der Waals surface area contributed by atoms with E-state index in [9.17, 15) is 0 Å². The van der Waals surface area contributed by atoms with E-state index in [4.69, 9.17) is 4.74 Å². The first kappa shape index (κ1) is 7.98. The molecule has 0 aromatic heterocycles. The second-order valence-electron chi connectivity index (χ2n) is 2.32. The van der Waals surface area contributed by atoms with E-state index >= 15 is 0 Å². The molecular weight excluding hydrogens is 132 g/mol. The zero-order chi connectivity index (χ0) is 7.07. The van der Waals surface area contributed by atoms with E-state index in [0.717, 1.165) is 32.8 Å². The lowest BCUT2D eigenvalue weighted by molar-refractivity contribution is -0.248. The summed E-state index contributed by atoms with van der Waals surface area (Å²) >= 11 is 0. The van der Waals surface area contributed by atoms with Gasteiger partial charge in [-0.1, -0.05) is 0 Å². The van der Waals surface area contributed by atoms with Gasteiger partial charge in [0.1, 0.15) is 0 Å². The third kappa shape index (κ3) is 3.82. The molecule has 2 fully saturated rings. The summed E-state index contributed by atoms with van der Waals surface area (Å²) in [5.74, 6) is 0. The van der Waals surface area contributed by atoms with Crippen LogP contribution in [0.5, 0.6) is 0 Å². The predicted molar refractivity (Wildman–Crippen MR) is 36.6 cm³/mol. The van der Waals surface area contributed by atoms with Crippen LogP contribution in [0.15, 0.2) is 0 Å². The third-order valence-corrected chi connectivity index (χ3v) is 1.37. The largest absolute Gasteiger partial charge is 0.381 e. The van der Waals surface area contributed by atoms with Crippen molar-refractivity contribution in [2.75, 3.05) is 26.4 Å². The van der Waals surface area contributed by atoms with Crippen LogP contribution in [-0.4, -0.2) is 26.4 Å². The minimum absolute atomic E-state index is 0.778. The first-order chi connectivity index (χ1) is 5.00. The Morgan fingerprint density at radius 2 is 1.20 bits per heavy atom. The SMILES string of the molecule is C1CCOC1.C1COOC1. The molecule has 0 aliphatic carbocycles. The first-order valence-electron chi connectivity index (χ1n) is 3.82. The fraction of sp³-hybridized carbons (Fsp3) is 1.00. The quantitative estimate of drug-likeness (QED) is 0.479. The summed E-state index contributed by atoms with van der Waals surface area (Å²) in [6, 6.07) is 0. The van der Waals surface area contributed by atoms with Gasteiger partial charge in [-0.05, 0) is 12.8 Å². The van der Waals surface area contributed by atoms with Crippen molar-refractivity contribution in [3.63, 3.8) is 0 Å². The molecule has 2 rings (SSSR count). The Kier molecular flexibility index (Phi) is 4.51. The molecule has 0 bridgehead atoms. The number of ether oxygens (including phenoxy) is 1. The van der Waals surface area contributed by atoms with Crippen molar-refractivity contribution >= 4 is 0 Å². The Bertz CT molecular complexity index is 42.0. The van der Waals surface area contributed by atoms with Crippen LogP contribution in [0.1, 0.15) is 19.3 Å². The van der Waals surface area contributed by atoms with E-state index in [1.807, 2.05) is 0 Å². The second-order valence-corrected chi connectivity index (χ2v) is 2.32. The van der Waals surface area contributed by atoms with Crippen molar-refractivity contribution in [1.29, 1.82) is 0 Å². The van der Waals surface area contributed by atoms with Gasteiger partial charge in [-0.3, -0.25) is 0 Å². The molecule has 2 saturated heterocycles. The normalized spacial score (nSPS) is 24.0. The maximum absolute atomic E-state index is 4.94. The van der Waals surface area contributed by atoms with E-state index < -0.39 is 0 Å². The molecule has 2 aliphatic heterocycles. The van der Waals surface area contributed by atoms with Crippen LogP contribution in [0.2, 0.25) is 0 Å². The molecule has 0 N–H and O–H groups in total. The van der Waals surface area contributed by atoms with Gasteiger partial charge < -0.3 is 4.74 Å². The molecule has 0 aromatic rings. The average Bonchev–Trinajstić information content (AvgIpc) is 2.67. The number of rotatable bonds is 0. The van der Waals surface area contributed by atoms with Crippen LogP contribution >= 0.6 is 0 Å². The van der Waals surface area contributed by atoms with Crippen molar-refractivity contribution in [2.24, 2.45) is 0 Å². The van der Waals surface area contributed by atoms with Gasteiger partial charge in [-0.15, -0.1) is 0 Å². The summed E-state index contributed by atoms with van der Waals surface area (Å²) in [5, 5.41) is 0. The van der Waals surface area contributed by atoms with Crippen molar-refractivity contribution in [1.82, 2.24) is 0 Å². The first-order valence-corrected chi connectivity index (χ1v) is 3.82. The maximum atomic E-state index is 4.94. The summed E-state index contributed by atoms with van der Waals surface area (Å²) in [6.45, 7) is 3.56. The molecule has 2 aliphatic rings. The van der Waals surface area contributed by atoms with Crippen LogP contribution in [0.3, 0.4) is 0 Å². The lowest BCUT2D eigenvalue weighted by Gasteiger charge is -1.77. The van der Waals surface area contributed by atoms with Gasteiger partial charge in [-0.2, -0.15) is 0 Å². The van der Waals surface area contributed by atoms with Gasteiger partial charge in [0, 0.05) is 19.6 Å². The zero-order valence-electron chi connectivity index (χ0n) is 6.17. The molecule has 60 valence electrons. The van der Waals surface area contributed by atoms with E-state index in [1.165, 1.54) is 12.8 Å². The van der Waals surface area contributed by atoms with Gasteiger partial charge in [0.05, 0.1) is 13.2 Å². The van der Waals surface area contributed by atoms with Gasteiger partial charge >= 0.3 is 0 Å². The van der Waals surface area contributed by atoms with E-state index in [2.05, 4.69) is 9.78 Å². The Hall–Kier alpha value is -0.120. The maximum Gasteiger partial charge on any atom is 0.0845 e. The average molecular weight is 146 g/mol. The lowest BCUT2D eigenvalue weighted by atomic mass is 10.4. The third-order valence-electron chi connectivity index (χ3n) is 1.37. The number of hydrogen-bond acceptors (Lipinski definition) is 3. The summed E-state index contributed by atoms with van der Waals surface area (Å²) in [7, 11) is 0. The Morgan fingerprint density at radius 1 is 0.600 bits per heavy atom. The minimum atomic E-state index is 0.778. The van der Waals surface area contributed by atoms with Crippen LogP contribution in [0.25, 0.3) is 0 Å². The van der Waals surface area contributed by atoms with E-state index in [0.29, 0.717) is 0 Å². The predicted octanol–water partition coefficient (Wildman–Crippen LogP) is 1.14. The van der Waals surface area contributed by atoms with Crippen molar-refractivity contribution < 1.29 is 14.5 Å². The van der Waals surface area contributed by atoms with Crippen LogP contribution in [0.4, 0.5) is 0 Å². The van der Waals surface area contributed by atoms with Crippen molar-refractivity contribution in [3.8, 4) is 0 Å². The van der Waals surface area contributed by atoms with Gasteiger partial charge in [0.15, 0.2) is 0 Å². The smallest absolute Gasteiger partial charge is 0.0845 e. The summed E-state index contributed by atoms with van der Waals surface area (Å²) in [4.78, 5) is 8.89. The molecule has 10 heavy (non-hydrogen) atoms. The molecule has 0 saturated carbocycles. The van der Waals surface area contributed by atoms with Gasteiger partial charge in [0.25, 0.3) is 0 Å². The Labute approximate surface area is 61.2 Å². The standard InChI is InChI=1S/C4H8O.C3H6O2/c2*1-2-4-5-3-1/h1-4H2;1-3H2. The molecular formula is C7H14O3. The van der Waals surface area contributed by atoms with Crippen molar-refractivity contribution in [3.05, 3.63) is 0 Å². The topological polar surface area (TPSA) is 27.7 Å². The molecule has 0 spiro atoms. The highest BCUT2D eigenvalue weighted by Gasteiger charge is 1.96. The Balaban J connectivity index is 0.0000001000. The second kappa shape index (κ2) is 5.65. The van der Waals surface area contributed by atoms with Gasteiger partial charge in [0.2, 0.25) is 0 Å². The monoisotopic (exact) mass is 146 g/mol. The molecule has 0 radical (unpaired) electrons. The van der Waals surface area contributed by atoms with E-state index in [-0.39, 0.29) is 0 Å². The highest BCUT2D eigenvalue weighted by atomic mass is 17.2. The molecule has 2 heterocycles. The lowest BCUT2D eigenvalue weighted by Crippen LogP contribution is -1.74. The van der Waals surface area contributed by atoms with Gasteiger partial charge in [-0.25, -0.2) is 9.78 Å². The van der Waals surface area contributed by atoms with Crippen LogP contribution in [-0.2, 0) is 14.5 Å². The molecule has 0 unspecified atom stereocenters. The summed E-state index contributed by atoms with van der Waals surface area (Å²) in [6.07, 6.45) is 3.61. The van der Waals surface area contributed by atoms with Crippen LogP contribution < -0.4 is 0 Å².